The summed E-state index contributed by atoms with van der Waals surface area (Å²) in [6.45, 7) is 1.67. The van der Waals surface area contributed by atoms with Crippen LogP contribution in [0, 0.1) is 0 Å². The van der Waals surface area contributed by atoms with Gasteiger partial charge in [0.05, 0.1) is 0 Å². The van der Waals surface area contributed by atoms with Crippen LogP contribution < -0.4 is 11.1 Å². The summed E-state index contributed by atoms with van der Waals surface area (Å²) in [5.74, 6) is -0.448. The van der Waals surface area contributed by atoms with Gasteiger partial charge in [0, 0.05) is 17.1 Å². The molecular weight excluding hydrogens is 272 g/mol. The zero-order valence-electron chi connectivity index (χ0n) is 11.6. The molecule has 0 saturated heterocycles. The molecule has 0 heterocycles. The van der Waals surface area contributed by atoms with Gasteiger partial charge in [0.25, 0.3) is 0 Å². The molecule has 1 aromatic rings. The van der Waals surface area contributed by atoms with Crippen molar-refractivity contribution in [3.05, 3.63) is 46.0 Å². The van der Waals surface area contributed by atoms with Crippen molar-refractivity contribution in [1.82, 2.24) is 5.32 Å². The van der Waals surface area contributed by atoms with Crippen molar-refractivity contribution in [3.63, 3.8) is 0 Å². The molecule has 3 nitrogen and oxygen atoms in total. The van der Waals surface area contributed by atoms with Crippen LogP contribution >= 0.6 is 11.6 Å². The highest BCUT2D eigenvalue weighted by Crippen LogP contribution is 2.20. The first-order valence-corrected chi connectivity index (χ1v) is 7.51. The number of rotatable bonds is 6. The van der Waals surface area contributed by atoms with Crippen LogP contribution in [0.1, 0.15) is 48.0 Å². The smallest absolute Gasteiger partial charge is 0.248 e. The van der Waals surface area contributed by atoms with Crippen molar-refractivity contribution in [1.29, 1.82) is 0 Å². The maximum Gasteiger partial charge on any atom is 0.248 e. The molecule has 2 rings (SSSR count). The molecule has 0 saturated carbocycles. The number of hydrogen-bond acceptors (Lipinski definition) is 2. The van der Waals surface area contributed by atoms with E-state index in [4.69, 9.17) is 17.3 Å². The molecular formula is C16H21ClN2O. The Hall–Kier alpha value is -1.32. The zero-order chi connectivity index (χ0) is 14.4. The fraction of sp³-hybridized carbons (Fsp3) is 0.438. The standard InChI is InChI=1S/C16H21ClN2O/c17-15-10-13(16(18)20)6-7-14(15)11-19-9-8-12-4-2-1-3-5-12/h4,6-7,10,19H,1-3,5,8-9,11H2,(H2,18,20). The maximum absolute atomic E-state index is 11.0. The van der Waals surface area contributed by atoms with E-state index in [1.54, 1.807) is 17.7 Å². The van der Waals surface area contributed by atoms with Crippen LogP contribution in [0.15, 0.2) is 29.8 Å². The maximum atomic E-state index is 11.0. The monoisotopic (exact) mass is 292 g/mol. The number of hydrogen-bond donors (Lipinski definition) is 2. The highest BCUT2D eigenvalue weighted by Gasteiger charge is 2.06. The quantitative estimate of drug-likeness (QED) is 0.623. The van der Waals surface area contributed by atoms with Gasteiger partial charge in [-0.1, -0.05) is 29.3 Å². The summed E-state index contributed by atoms with van der Waals surface area (Å²) in [6.07, 6.45) is 8.62. The Kier molecular flexibility index (Phi) is 5.62. The minimum atomic E-state index is -0.448. The van der Waals surface area contributed by atoms with Gasteiger partial charge >= 0.3 is 0 Å². The molecule has 0 radical (unpaired) electrons. The second-order valence-electron chi connectivity index (χ2n) is 5.21. The number of amides is 1. The van der Waals surface area contributed by atoms with Gasteiger partial charge in [0.15, 0.2) is 0 Å². The summed E-state index contributed by atoms with van der Waals surface area (Å²) in [5.41, 5.74) is 8.23. The van der Waals surface area contributed by atoms with E-state index >= 15 is 0 Å². The van der Waals surface area contributed by atoms with E-state index in [1.807, 2.05) is 6.07 Å². The van der Waals surface area contributed by atoms with Crippen LogP contribution in [-0.2, 0) is 6.54 Å². The number of allylic oxidation sites excluding steroid dienone is 1. The van der Waals surface area contributed by atoms with Crippen LogP contribution in [-0.4, -0.2) is 12.5 Å². The molecule has 108 valence electrons. The third kappa shape index (κ3) is 4.36. The Morgan fingerprint density at radius 3 is 2.85 bits per heavy atom. The predicted octanol–water partition coefficient (Wildman–Crippen LogP) is 3.42. The molecule has 0 spiro atoms. The second-order valence-corrected chi connectivity index (χ2v) is 5.61. The minimum Gasteiger partial charge on any atom is -0.366 e. The number of carbonyl (C=O) groups is 1. The summed E-state index contributed by atoms with van der Waals surface area (Å²) >= 11 is 6.14. The first-order valence-electron chi connectivity index (χ1n) is 7.13. The number of nitrogens with two attached hydrogens (primary N) is 1. The predicted molar refractivity (Wildman–Crippen MR) is 82.8 cm³/mol. The van der Waals surface area contributed by atoms with Crippen LogP contribution in [0.4, 0.5) is 0 Å². The third-order valence-corrected chi connectivity index (χ3v) is 4.01. The van der Waals surface area contributed by atoms with Crippen molar-refractivity contribution in [2.45, 2.75) is 38.6 Å². The van der Waals surface area contributed by atoms with Crippen molar-refractivity contribution >= 4 is 17.5 Å². The topological polar surface area (TPSA) is 55.1 Å². The second kappa shape index (κ2) is 7.46. The van der Waals surface area contributed by atoms with Crippen molar-refractivity contribution < 1.29 is 4.79 Å². The Labute approximate surface area is 125 Å². The molecule has 0 bridgehead atoms. The summed E-state index contributed by atoms with van der Waals surface area (Å²) in [6, 6.07) is 5.20. The van der Waals surface area contributed by atoms with E-state index < -0.39 is 5.91 Å². The summed E-state index contributed by atoms with van der Waals surface area (Å²) < 4.78 is 0. The first-order chi connectivity index (χ1) is 9.66. The Bertz CT molecular complexity index is 511. The van der Waals surface area contributed by atoms with Gasteiger partial charge in [-0.05, 0) is 56.3 Å². The van der Waals surface area contributed by atoms with Gasteiger partial charge in [-0.25, -0.2) is 0 Å². The van der Waals surface area contributed by atoms with Crippen LogP contribution in [0.25, 0.3) is 0 Å². The normalized spacial score (nSPS) is 14.9. The van der Waals surface area contributed by atoms with Crippen LogP contribution in [0.2, 0.25) is 5.02 Å². The van der Waals surface area contributed by atoms with Gasteiger partial charge in [0.1, 0.15) is 0 Å². The molecule has 1 aliphatic carbocycles. The van der Waals surface area contributed by atoms with E-state index in [-0.39, 0.29) is 0 Å². The van der Waals surface area contributed by atoms with Crippen LogP contribution in [0.5, 0.6) is 0 Å². The number of primary amides is 1. The highest BCUT2D eigenvalue weighted by atomic mass is 35.5. The fourth-order valence-corrected chi connectivity index (χ4v) is 2.70. The lowest BCUT2D eigenvalue weighted by atomic mass is 9.97. The van der Waals surface area contributed by atoms with Crippen molar-refractivity contribution in [3.8, 4) is 0 Å². The lowest BCUT2D eigenvalue weighted by Crippen LogP contribution is -2.16. The molecule has 1 amide bonds. The number of carbonyl (C=O) groups excluding carboxylic acids is 1. The Balaban J connectivity index is 1.79. The average molecular weight is 293 g/mol. The molecule has 1 aromatic carbocycles. The minimum absolute atomic E-state index is 0.448. The molecule has 0 fully saturated rings. The van der Waals surface area contributed by atoms with E-state index in [9.17, 15) is 4.79 Å². The molecule has 20 heavy (non-hydrogen) atoms. The van der Waals surface area contributed by atoms with E-state index in [2.05, 4.69) is 11.4 Å². The number of benzene rings is 1. The van der Waals surface area contributed by atoms with Gasteiger partial charge in [-0.15, -0.1) is 0 Å². The molecule has 3 N–H and O–H groups in total. The third-order valence-electron chi connectivity index (χ3n) is 3.66. The SMILES string of the molecule is NC(=O)c1ccc(CNCCC2=CCCCC2)c(Cl)c1. The Morgan fingerprint density at radius 1 is 1.35 bits per heavy atom. The Morgan fingerprint density at radius 2 is 2.20 bits per heavy atom. The summed E-state index contributed by atoms with van der Waals surface area (Å²) in [4.78, 5) is 11.0. The first kappa shape index (κ1) is 15.1. The lowest BCUT2D eigenvalue weighted by Gasteiger charge is -2.13. The molecule has 1 aliphatic rings. The van der Waals surface area contributed by atoms with E-state index in [0.717, 1.165) is 18.5 Å². The van der Waals surface area contributed by atoms with Gasteiger partial charge in [-0.2, -0.15) is 0 Å². The number of halogens is 1. The van der Waals surface area contributed by atoms with Crippen LogP contribution in [0.3, 0.4) is 0 Å². The molecule has 0 atom stereocenters. The summed E-state index contributed by atoms with van der Waals surface area (Å²) in [5, 5.41) is 3.99. The molecule has 0 unspecified atom stereocenters. The van der Waals surface area contributed by atoms with Crippen molar-refractivity contribution in [2.24, 2.45) is 5.73 Å². The van der Waals surface area contributed by atoms with E-state index in [0.29, 0.717) is 17.1 Å². The molecule has 0 aliphatic heterocycles. The lowest BCUT2D eigenvalue weighted by molar-refractivity contribution is 0.100. The zero-order valence-corrected chi connectivity index (χ0v) is 12.4. The van der Waals surface area contributed by atoms with Crippen molar-refractivity contribution in [2.75, 3.05) is 6.54 Å². The highest BCUT2D eigenvalue weighted by molar-refractivity contribution is 6.31. The largest absolute Gasteiger partial charge is 0.366 e. The van der Waals surface area contributed by atoms with Gasteiger partial charge < -0.3 is 11.1 Å². The fourth-order valence-electron chi connectivity index (χ4n) is 2.45. The molecule has 4 heteroatoms. The van der Waals surface area contributed by atoms with Gasteiger partial charge in [0.2, 0.25) is 5.91 Å². The summed E-state index contributed by atoms with van der Waals surface area (Å²) in [7, 11) is 0. The molecule has 0 aromatic heterocycles. The number of nitrogens with one attached hydrogen (secondary N) is 1. The average Bonchev–Trinajstić information content (AvgIpc) is 2.46. The van der Waals surface area contributed by atoms with Gasteiger partial charge in [-0.3, -0.25) is 4.79 Å². The van der Waals surface area contributed by atoms with E-state index in [1.165, 1.54) is 25.7 Å².